The molecule has 0 amide bonds. The maximum absolute atomic E-state index is 9.15. The van der Waals surface area contributed by atoms with Crippen LogP contribution in [-0.2, 0) is 15.9 Å². The number of hydrogen-bond donors (Lipinski definition) is 1. The van der Waals surface area contributed by atoms with Crippen LogP contribution < -0.4 is 0 Å². The Morgan fingerprint density at radius 2 is 2.24 bits per heavy atom. The SMILES string of the molecule is CC(=NO)c1ccc(-c2ccccn2)cc1CCOC1CCCCO1. The molecule has 1 fully saturated rings. The molecule has 5 heteroatoms. The first-order valence-electron chi connectivity index (χ1n) is 8.74. The van der Waals surface area contributed by atoms with Crippen LogP contribution in [0, 0.1) is 0 Å². The minimum absolute atomic E-state index is 0.0937. The van der Waals surface area contributed by atoms with Crippen LogP contribution in [0.1, 0.15) is 37.3 Å². The first-order chi connectivity index (χ1) is 12.3. The fourth-order valence-corrected chi connectivity index (χ4v) is 3.04. The van der Waals surface area contributed by atoms with Crippen molar-refractivity contribution in [3.8, 4) is 11.3 Å². The van der Waals surface area contributed by atoms with Crippen LogP contribution in [-0.4, -0.2) is 35.4 Å². The highest BCUT2D eigenvalue weighted by atomic mass is 16.7. The minimum atomic E-state index is -0.0937. The molecule has 1 N–H and O–H groups in total. The van der Waals surface area contributed by atoms with Gasteiger partial charge in [-0.3, -0.25) is 4.98 Å². The van der Waals surface area contributed by atoms with E-state index in [1.54, 1.807) is 13.1 Å². The van der Waals surface area contributed by atoms with Gasteiger partial charge in [0.05, 0.1) is 18.0 Å². The molecular weight excluding hydrogens is 316 g/mol. The Bertz CT molecular complexity index is 710. The van der Waals surface area contributed by atoms with E-state index in [2.05, 4.69) is 16.2 Å². The van der Waals surface area contributed by atoms with E-state index >= 15 is 0 Å². The Morgan fingerprint density at radius 3 is 2.96 bits per heavy atom. The summed E-state index contributed by atoms with van der Waals surface area (Å²) in [5, 5.41) is 12.5. The second-order valence-corrected chi connectivity index (χ2v) is 6.19. The maximum atomic E-state index is 9.15. The molecule has 0 radical (unpaired) electrons. The van der Waals surface area contributed by atoms with Gasteiger partial charge in [0.25, 0.3) is 0 Å². The van der Waals surface area contributed by atoms with Crippen LogP contribution in [0.25, 0.3) is 11.3 Å². The predicted octanol–water partition coefficient (Wildman–Crippen LogP) is 4.03. The van der Waals surface area contributed by atoms with Crippen LogP contribution in [0.2, 0.25) is 0 Å². The zero-order valence-electron chi connectivity index (χ0n) is 14.5. The first-order valence-corrected chi connectivity index (χ1v) is 8.74. The predicted molar refractivity (Wildman–Crippen MR) is 96.9 cm³/mol. The zero-order valence-corrected chi connectivity index (χ0v) is 14.5. The highest BCUT2D eigenvalue weighted by Crippen LogP contribution is 2.22. The van der Waals surface area contributed by atoms with E-state index in [-0.39, 0.29) is 6.29 Å². The molecule has 5 nitrogen and oxygen atoms in total. The van der Waals surface area contributed by atoms with Gasteiger partial charge in [-0.05, 0) is 56.4 Å². The lowest BCUT2D eigenvalue weighted by Crippen LogP contribution is -2.23. The van der Waals surface area contributed by atoms with Gasteiger partial charge in [-0.2, -0.15) is 0 Å². The average Bonchev–Trinajstić information content (AvgIpc) is 2.69. The molecule has 132 valence electrons. The Kier molecular flexibility index (Phi) is 6.14. The molecule has 25 heavy (non-hydrogen) atoms. The van der Waals surface area contributed by atoms with Gasteiger partial charge in [0, 0.05) is 23.9 Å². The summed E-state index contributed by atoms with van der Waals surface area (Å²) in [4.78, 5) is 4.41. The van der Waals surface area contributed by atoms with Gasteiger partial charge in [0.15, 0.2) is 6.29 Å². The molecule has 2 heterocycles. The molecule has 1 atom stereocenters. The highest BCUT2D eigenvalue weighted by molar-refractivity contribution is 6.00. The van der Waals surface area contributed by atoms with Crippen molar-refractivity contribution >= 4 is 5.71 Å². The number of oxime groups is 1. The first kappa shape index (κ1) is 17.6. The van der Waals surface area contributed by atoms with Crippen molar-refractivity contribution in [1.82, 2.24) is 4.98 Å². The van der Waals surface area contributed by atoms with Gasteiger partial charge in [0.2, 0.25) is 0 Å². The van der Waals surface area contributed by atoms with Crippen LogP contribution in [0.15, 0.2) is 47.8 Å². The van der Waals surface area contributed by atoms with E-state index in [1.807, 2.05) is 30.3 Å². The van der Waals surface area contributed by atoms with Crippen LogP contribution in [0.4, 0.5) is 0 Å². The van der Waals surface area contributed by atoms with Gasteiger partial charge >= 0.3 is 0 Å². The van der Waals surface area contributed by atoms with E-state index in [4.69, 9.17) is 14.7 Å². The van der Waals surface area contributed by atoms with Crippen LogP contribution >= 0.6 is 0 Å². The second kappa shape index (κ2) is 8.74. The van der Waals surface area contributed by atoms with Crippen molar-refractivity contribution in [2.45, 2.75) is 38.9 Å². The lowest BCUT2D eigenvalue weighted by molar-refractivity contribution is -0.161. The van der Waals surface area contributed by atoms with Gasteiger partial charge in [-0.25, -0.2) is 0 Å². The third-order valence-electron chi connectivity index (χ3n) is 4.42. The molecule has 1 aliphatic rings. The quantitative estimate of drug-likeness (QED) is 0.490. The third-order valence-corrected chi connectivity index (χ3v) is 4.42. The summed E-state index contributed by atoms with van der Waals surface area (Å²) in [7, 11) is 0. The van der Waals surface area contributed by atoms with Crippen molar-refractivity contribution in [2.24, 2.45) is 5.16 Å². The number of aromatic nitrogens is 1. The molecule has 2 aromatic rings. The molecular formula is C20H24N2O3. The van der Waals surface area contributed by atoms with E-state index in [1.165, 1.54) is 0 Å². The normalized spacial score (nSPS) is 18.3. The van der Waals surface area contributed by atoms with Crippen molar-refractivity contribution < 1.29 is 14.7 Å². The fourth-order valence-electron chi connectivity index (χ4n) is 3.04. The number of benzene rings is 1. The summed E-state index contributed by atoms with van der Waals surface area (Å²) in [6.45, 7) is 3.15. The Labute approximate surface area is 148 Å². The van der Waals surface area contributed by atoms with E-state index in [0.29, 0.717) is 12.3 Å². The molecule has 0 spiro atoms. The van der Waals surface area contributed by atoms with Crippen molar-refractivity contribution in [3.05, 3.63) is 53.7 Å². The Morgan fingerprint density at radius 1 is 1.32 bits per heavy atom. The van der Waals surface area contributed by atoms with E-state index in [0.717, 1.165) is 54.7 Å². The molecule has 1 unspecified atom stereocenters. The smallest absolute Gasteiger partial charge is 0.157 e. The van der Waals surface area contributed by atoms with Crippen LogP contribution in [0.5, 0.6) is 0 Å². The molecule has 3 rings (SSSR count). The van der Waals surface area contributed by atoms with E-state index in [9.17, 15) is 0 Å². The summed E-state index contributed by atoms with van der Waals surface area (Å²) in [5.74, 6) is 0. The van der Waals surface area contributed by atoms with Crippen molar-refractivity contribution in [2.75, 3.05) is 13.2 Å². The molecule has 0 bridgehead atoms. The molecule has 0 saturated carbocycles. The maximum Gasteiger partial charge on any atom is 0.157 e. The summed E-state index contributed by atoms with van der Waals surface area (Å²) in [5.41, 5.74) is 4.56. The number of rotatable bonds is 6. The summed E-state index contributed by atoms with van der Waals surface area (Å²) in [6.07, 6.45) is 5.64. The summed E-state index contributed by atoms with van der Waals surface area (Å²) < 4.78 is 11.5. The van der Waals surface area contributed by atoms with Crippen molar-refractivity contribution in [3.63, 3.8) is 0 Å². The lowest BCUT2D eigenvalue weighted by Gasteiger charge is -2.23. The number of hydrogen-bond acceptors (Lipinski definition) is 5. The van der Waals surface area contributed by atoms with Gasteiger partial charge in [0.1, 0.15) is 0 Å². The van der Waals surface area contributed by atoms with Gasteiger partial charge < -0.3 is 14.7 Å². The topological polar surface area (TPSA) is 63.9 Å². The van der Waals surface area contributed by atoms with Gasteiger partial charge in [-0.15, -0.1) is 0 Å². The summed E-state index contributed by atoms with van der Waals surface area (Å²) >= 11 is 0. The van der Waals surface area contributed by atoms with Crippen LogP contribution in [0.3, 0.4) is 0 Å². The number of ether oxygens (including phenoxy) is 2. The Hall–Kier alpha value is -2.24. The zero-order chi connectivity index (χ0) is 17.5. The molecule has 1 saturated heterocycles. The minimum Gasteiger partial charge on any atom is -0.411 e. The highest BCUT2D eigenvalue weighted by Gasteiger charge is 2.15. The average molecular weight is 340 g/mol. The largest absolute Gasteiger partial charge is 0.411 e. The number of pyridine rings is 1. The molecule has 1 aromatic heterocycles. The monoisotopic (exact) mass is 340 g/mol. The number of nitrogens with zero attached hydrogens (tertiary/aromatic N) is 2. The third kappa shape index (κ3) is 4.65. The lowest BCUT2D eigenvalue weighted by atomic mass is 9.97. The van der Waals surface area contributed by atoms with Crippen molar-refractivity contribution in [1.29, 1.82) is 0 Å². The Balaban J connectivity index is 1.76. The van der Waals surface area contributed by atoms with E-state index < -0.39 is 0 Å². The molecule has 0 aliphatic carbocycles. The molecule has 1 aromatic carbocycles. The summed E-state index contributed by atoms with van der Waals surface area (Å²) in [6, 6.07) is 11.9. The fraction of sp³-hybridized carbons (Fsp3) is 0.400. The molecule has 1 aliphatic heterocycles. The second-order valence-electron chi connectivity index (χ2n) is 6.19. The standard InChI is InChI=1S/C20H24N2O3/c1-15(22-23)18-9-8-17(19-6-2-4-11-21-19)14-16(18)10-13-25-20-7-3-5-12-24-20/h2,4,6,8-9,11,14,20,23H,3,5,7,10,12-13H2,1H3. The van der Waals surface area contributed by atoms with Gasteiger partial charge in [-0.1, -0.05) is 23.4 Å².